The summed E-state index contributed by atoms with van der Waals surface area (Å²) in [6, 6.07) is 6.03. The van der Waals surface area contributed by atoms with E-state index in [1.807, 2.05) is 37.2 Å². The molecule has 1 aliphatic rings. The van der Waals surface area contributed by atoms with E-state index in [-0.39, 0.29) is 17.5 Å². The molecule has 1 fully saturated rings. The van der Waals surface area contributed by atoms with Gasteiger partial charge in [-0.1, -0.05) is 11.6 Å². The van der Waals surface area contributed by atoms with Gasteiger partial charge in [0.2, 0.25) is 11.8 Å². The zero-order chi connectivity index (χ0) is 21.7. The summed E-state index contributed by atoms with van der Waals surface area (Å²) in [5.74, 6) is 0.962. The van der Waals surface area contributed by atoms with Crippen molar-refractivity contribution < 1.29 is 4.92 Å². The van der Waals surface area contributed by atoms with Gasteiger partial charge in [-0.3, -0.25) is 10.1 Å². The molecule has 1 aromatic heterocycles. The van der Waals surface area contributed by atoms with Crippen LogP contribution >= 0.6 is 11.6 Å². The first kappa shape index (κ1) is 22.0. The highest BCUT2D eigenvalue weighted by molar-refractivity contribution is 6.31. The largest absolute Gasteiger partial charge is 0.378 e. The van der Waals surface area contributed by atoms with E-state index < -0.39 is 4.92 Å². The van der Waals surface area contributed by atoms with E-state index >= 15 is 0 Å². The van der Waals surface area contributed by atoms with E-state index in [0.717, 1.165) is 36.9 Å². The fourth-order valence-electron chi connectivity index (χ4n) is 3.51. The van der Waals surface area contributed by atoms with Crippen LogP contribution in [0.15, 0.2) is 24.4 Å². The van der Waals surface area contributed by atoms with E-state index in [0.29, 0.717) is 30.0 Å². The van der Waals surface area contributed by atoms with Crippen LogP contribution in [0.2, 0.25) is 5.02 Å². The lowest BCUT2D eigenvalue weighted by Crippen LogP contribution is -2.29. The standard InChI is InChI=1S/C20H28ClN7O2/c1-27(2)16-7-8-17(21)14(9-16)11-24-20-25-12-18(28(29)30)19(26-20)23-10-13-3-5-15(22)6-4-13/h7-9,12-13,15H,3-6,10-11,22H2,1-2H3,(H2,23,24,25,26). The highest BCUT2D eigenvalue weighted by atomic mass is 35.5. The minimum atomic E-state index is -0.472. The van der Waals surface area contributed by atoms with Crippen molar-refractivity contribution in [2.75, 3.05) is 36.2 Å². The Kier molecular flexibility index (Phi) is 7.28. The smallest absolute Gasteiger partial charge is 0.329 e. The van der Waals surface area contributed by atoms with Crippen LogP contribution in [-0.4, -0.2) is 41.6 Å². The maximum absolute atomic E-state index is 11.4. The van der Waals surface area contributed by atoms with Crippen molar-refractivity contribution in [2.24, 2.45) is 11.7 Å². The van der Waals surface area contributed by atoms with Crippen molar-refractivity contribution in [2.45, 2.75) is 38.3 Å². The third kappa shape index (κ3) is 5.70. The van der Waals surface area contributed by atoms with E-state index in [4.69, 9.17) is 17.3 Å². The predicted octanol–water partition coefficient (Wildman–Crippen LogP) is 3.65. The second-order valence-corrected chi connectivity index (χ2v) is 8.28. The minimum absolute atomic E-state index is 0.138. The molecule has 0 aliphatic heterocycles. The van der Waals surface area contributed by atoms with Gasteiger partial charge in [0.1, 0.15) is 6.20 Å². The van der Waals surface area contributed by atoms with Crippen LogP contribution < -0.4 is 21.3 Å². The minimum Gasteiger partial charge on any atom is -0.378 e. The van der Waals surface area contributed by atoms with E-state index in [1.165, 1.54) is 6.20 Å². The molecule has 0 unspecified atom stereocenters. The Bertz CT molecular complexity index is 885. The van der Waals surface area contributed by atoms with Gasteiger partial charge in [0.15, 0.2) is 0 Å². The molecule has 0 saturated heterocycles. The van der Waals surface area contributed by atoms with E-state index in [1.54, 1.807) is 0 Å². The quantitative estimate of drug-likeness (QED) is 0.426. The first-order chi connectivity index (χ1) is 14.3. The molecule has 0 atom stereocenters. The van der Waals surface area contributed by atoms with Crippen LogP contribution in [0.4, 0.5) is 23.1 Å². The number of benzene rings is 1. The number of nitro groups is 1. The maximum atomic E-state index is 11.4. The number of anilines is 3. The summed E-state index contributed by atoms with van der Waals surface area (Å²) in [4.78, 5) is 21.3. The average molecular weight is 434 g/mol. The van der Waals surface area contributed by atoms with Gasteiger partial charge in [-0.25, -0.2) is 4.98 Å². The van der Waals surface area contributed by atoms with Crippen molar-refractivity contribution in [3.05, 3.63) is 45.1 Å². The summed E-state index contributed by atoms with van der Waals surface area (Å²) in [6.07, 6.45) is 5.22. The second-order valence-electron chi connectivity index (χ2n) is 7.87. The Morgan fingerprint density at radius 3 is 2.67 bits per heavy atom. The molecule has 0 bridgehead atoms. The molecular weight excluding hydrogens is 406 g/mol. The van der Waals surface area contributed by atoms with Crippen molar-refractivity contribution in [3.63, 3.8) is 0 Å². The molecule has 0 amide bonds. The Balaban J connectivity index is 1.69. The van der Waals surface area contributed by atoms with Crippen LogP contribution in [0.1, 0.15) is 31.2 Å². The van der Waals surface area contributed by atoms with Crippen molar-refractivity contribution in [1.29, 1.82) is 0 Å². The number of halogens is 1. The van der Waals surface area contributed by atoms with Gasteiger partial charge < -0.3 is 21.3 Å². The summed E-state index contributed by atoms with van der Waals surface area (Å²) in [5.41, 5.74) is 7.73. The topological polar surface area (TPSA) is 122 Å². The lowest BCUT2D eigenvalue weighted by atomic mass is 9.86. The summed E-state index contributed by atoms with van der Waals surface area (Å²) < 4.78 is 0. The Morgan fingerprint density at radius 2 is 2.00 bits per heavy atom. The number of rotatable bonds is 8. The molecule has 0 radical (unpaired) electrons. The van der Waals surface area contributed by atoms with Crippen molar-refractivity contribution >= 4 is 34.7 Å². The molecule has 0 spiro atoms. The molecule has 1 aromatic carbocycles. The number of nitrogens with zero attached hydrogens (tertiary/aromatic N) is 4. The summed E-state index contributed by atoms with van der Waals surface area (Å²) in [6.45, 7) is 1.03. The molecule has 1 heterocycles. The molecule has 1 saturated carbocycles. The monoisotopic (exact) mass is 433 g/mol. The maximum Gasteiger partial charge on any atom is 0.329 e. The third-order valence-corrected chi connectivity index (χ3v) is 5.77. The van der Waals surface area contributed by atoms with Gasteiger partial charge >= 0.3 is 5.69 Å². The lowest BCUT2D eigenvalue weighted by Gasteiger charge is -2.26. The zero-order valence-electron chi connectivity index (χ0n) is 17.3. The highest BCUT2D eigenvalue weighted by Gasteiger charge is 2.22. The molecule has 10 heteroatoms. The van der Waals surface area contributed by atoms with Crippen LogP contribution in [0.25, 0.3) is 0 Å². The zero-order valence-corrected chi connectivity index (χ0v) is 18.0. The molecule has 4 N–H and O–H groups in total. The Hall–Kier alpha value is -2.65. The van der Waals surface area contributed by atoms with E-state index in [2.05, 4.69) is 20.6 Å². The molecule has 3 rings (SSSR count). The van der Waals surface area contributed by atoms with Crippen LogP contribution in [0.5, 0.6) is 0 Å². The summed E-state index contributed by atoms with van der Waals surface area (Å²) in [7, 11) is 3.91. The Labute approximate surface area is 181 Å². The van der Waals surface area contributed by atoms with Gasteiger partial charge in [0, 0.05) is 43.9 Å². The molecular formula is C20H28ClN7O2. The van der Waals surface area contributed by atoms with Crippen LogP contribution in [0.3, 0.4) is 0 Å². The van der Waals surface area contributed by atoms with Gasteiger partial charge in [-0.15, -0.1) is 0 Å². The van der Waals surface area contributed by atoms with E-state index in [9.17, 15) is 10.1 Å². The fourth-order valence-corrected chi connectivity index (χ4v) is 3.69. The Morgan fingerprint density at radius 1 is 1.27 bits per heavy atom. The molecule has 2 aromatic rings. The number of hydrogen-bond acceptors (Lipinski definition) is 8. The number of aromatic nitrogens is 2. The van der Waals surface area contributed by atoms with Gasteiger partial charge in [-0.05, 0) is 55.4 Å². The molecule has 9 nitrogen and oxygen atoms in total. The van der Waals surface area contributed by atoms with Crippen LogP contribution in [-0.2, 0) is 6.54 Å². The van der Waals surface area contributed by atoms with Gasteiger partial charge in [0.25, 0.3) is 0 Å². The fraction of sp³-hybridized carbons (Fsp3) is 0.500. The lowest BCUT2D eigenvalue weighted by molar-refractivity contribution is -0.384. The number of hydrogen-bond donors (Lipinski definition) is 3. The average Bonchev–Trinajstić information content (AvgIpc) is 2.72. The predicted molar refractivity (Wildman–Crippen MR) is 120 cm³/mol. The number of nitrogens with one attached hydrogen (secondary N) is 2. The molecule has 1 aliphatic carbocycles. The third-order valence-electron chi connectivity index (χ3n) is 5.40. The first-order valence-corrected chi connectivity index (χ1v) is 10.4. The molecule has 30 heavy (non-hydrogen) atoms. The first-order valence-electron chi connectivity index (χ1n) is 10.0. The van der Waals surface area contributed by atoms with Gasteiger partial charge in [-0.2, -0.15) is 4.98 Å². The van der Waals surface area contributed by atoms with Crippen molar-refractivity contribution in [3.8, 4) is 0 Å². The summed E-state index contributed by atoms with van der Waals surface area (Å²) >= 11 is 6.30. The highest BCUT2D eigenvalue weighted by Crippen LogP contribution is 2.27. The normalized spacial score (nSPS) is 18.7. The number of nitrogens with two attached hydrogens (primary N) is 1. The molecule has 162 valence electrons. The van der Waals surface area contributed by atoms with Crippen LogP contribution in [0, 0.1) is 16.0 Å². The van der Waals surface area contributed by atoms with Gasteiger partial charge in [0.05, 0.1) is 4.92 Å². The van der Waals surface area contributed by atoms with Crippen molar-refractivity contribution in [1.82, 2.24) is 9.97 Å². The summed E-state index contributed by atoms with van der Waals surface area (Å²) in [5, 5.41) is 18.3. The SMILES string of the molecule is CN(C)c1ccc(Cl)c(CNc2ncc([N+](=O)[O-])c(NCC3CCC(N)CC3)n2)c1. The second kappa shape index (κ2) is 9.90.